The summed E-state index contributed by atoms with van der Waals surface area (Å²) in [6.07, 6.45) is 7.28. The molecule has 2 aliphatic carbocycles. The van der Waals surface area contributed by atoms with Crippen molar-refractivity contribution in [1.29, 1.82) is 0 Å². The van der Waals surface area contributed by atoms with Crippen molar-refractivity contribution in [2.24, 2.45) is 5.41 Å². The van der Waals surface area contributed by atoms with Gasteiger partial charge in [0.05, 0.1) is 32.0 Å². The molecule has 3 aliphatic rings. The van der Waals surface area contributed by atoms with Crippen LogP contribution in [0.1, 0.15) is 39.0 Å². The van der Waals surface area contributed by atoms with Gasteiger partial charge in [-0.25, -0.2) is 0 Å². The SMILES string of the molecule is CCOC1CC(NCC2COCCO2)C12CCCC2. The van der Waals surface area contributed by atoms with Crippen LogP contribution in [0, 0.1) is 5.41 Å². The van der Waals surface area contributed by atoms with Crippen LogP contribution in [0.15, 0.2) is 0 Å². The van der Waals surface area contributed by atoms with Crippen LogP contribution in [-0.2, 0) is 14.2 Å². The van der Waals surface area contributed by atoms with Crippen molar-refractivity contribution in [2.45, 2.75) is 57.3 Å². The van der Waals surface area contributed by atoms with E-state index in [2.05, 4.69) is 12.2 Å². The maximum atomic E-state index is 5.94. The van der Waals surface area contributed by atoms with E-state index in [4.69, 9.17) is 14.2 Å². The molecule has 0 amide bonds. The zero-order chi connectivity index (χ0) is 13.1. The van der Waals surface area contributed by atoms with Crippen molar-refractivity contribution in [3.8, 4) is 0 Å². The Labute approximate surface area is 116 Å². The molecule has 1 heterocycles. The Hall–Kier alpha value is -0.160. The first-order valence-electron chi connectivity index (χ1n) is 7.89. The van der Waals surface area contributed by atoms with Gasteiger partial charge >= 0.3 is 0 Å². The number of rotatable bonds is 5. The van der Waals surface area contributed by atoms with Crippen LogP contribution in [0.5, 0.6) is 0 Å². The van der Waals surface area contributed by atoms with Gasteiger partial charge in [0.2, 0.25) is 0 Å². The van der Waals surface area contributed by atoms with Crippen LogP contribution in [0.3, 0.4) is 0 Å². The molecule has 3 rings (SSSR count). The smallest absolute Gasteiger partial charge is 0.0933 e. The van der Waals surface area contributed by atoms with Crippen LogP contribution in [-0.4, -0.2) is 51.2 Å². The van der Waals surface area contributed by atoms with Crippen LogP contribution < -0.4 is 5.32 Å². The highest BCUT2D eigenvalue weighted by Crippen LogP contribution is 2.54. The lowest BCUT2D eigenvalue weighted by Crippen LogP contribution is -2.63. The second kappa shape index (κ2) is 6.08. The number of hydrogen-bond acceptors (Lipinski definition) is 4. The maximum absolute atomic E-state index is 5.94. The van der Waals surface area contributed by atoms with E-state index < -0.39 is 0 Å². The minimum Gasteiger partial charge on any atom is -0.378 e. The zero-order valence-corrected chi connectivity index (χ0v) is 12.0. The average Bonchev–Trinajstić information content (AvgIpc) is 2.95. The highest BCUT2D eigenvalue weighted by Gasteiger charge is 2.56. The van der Waals surface area contributed by atoms with E-state index in [1.165, 1.54) is 32.1 Å². The molecule has 3 fully saturated rings. The van der Waals surface area contributed by atoms with Gasteiger partial charge in [-0.05, 0) is 26.2 Å². The van der Waals surface area contributed by atoms with Crippen molar-refractivity contribution in [3.63, 3.8) is 0 Å². The molecule has 0 aromatic carbocycles. The van der Waals surface area contributed by atoms with Gasteiger partial charge < -0.3 is 19.5 Å². The van der Waals surface area contributed by atoms with Crippen LogP contribution in [0.2, 0.25) is 0 Å². The van der Waals surface area contributed by atoms with E-state index in [1.807, 2.05) is 0 Å². The first-order valence-corrected chi connectivity index (χ1v) is 7.89. The molecule has 0 aromatic heterocycles. The number of hydrogen-bond donors (Lipinski definition) is 1. The van der Waals surface area contributed by atoms with E-state index in [1.54, 1.807) is 0 Å². The molecule has 1 saturated heterocycles. The Morgan fingerprint density at radius 3 is 2.79 bits per heavy atom. The Morgan fingerprint density at radius 1 is 1.26 bits per heavy atom. The van der Waals surface area contributed by atoms with E-state index in [0.29, 0.717) is 17.6 Å². The molecular weight excluding hydrogens is 242 g/mol. The summed E-state index contributed by atoms with van der Waals surface area (Å²) in [6.45, 7) is 6.10. The molecule has 19 heavy (non-hydrogen) atoms. The molecule has 3 atom stereocenters. The van der Waals surface area contributed by atoms with E-state index in [0.717, 1.165) is 33.0 Å². The summed E-state index contributed by atoms with van der Waals surface area (Å²) in [4.78, 5) is 0. The van der Waals surface area contributed by atoms with Gasteiger partial charge in [-0.2, -0.15) is 0 Å². The van der Waals surface area contributed by atoms with Gasteiger partial charge in [0.25, 0.3) is 0 Å². The molecule has 110 valence electrons. The minimum absolute atomic E-state index is 0.235. The van der Waals surface area contributed by atoms with E-state index >= 15 is 0 Å². The quantitative estimate of drug-likeness (QED) is 0.825. The zero-order valence-electron chi connectivity index (χ0n) is 12.0. The second-order valence-corrected chi connectivity index (χ2v) is 6.15. The molecule has 0 radical (unpaired) electrons. The predicted octanol–water partition coefficient (Wildman–Crippen LogP) is 1.73. The van der Waals surface area contributed by atoms with Crippen LogP contribution >= 0.6 is 0 Å². The normalized spacial score (nSPS) is 37.4. The lowest BCUT2D eigenvalue weighted by atomic mass is 9.60. The molecule has 1 aliphatic heterocycles. The molecular formula is C15H27NO3. The highest BCUT2D eigenvalue weighted by molar-refractivity contribution is 5.10. The first-order chi connectivity index (χ1) is 9.35. The summed E-state index contributed by atoms with van der Waals surface area (Å²) < 4.78 is 17.1. The monoisotopic (exact) mass is 269 g/mol. The fraction of sp³-hybridized carbons (Fsp3) is 1.00. The van der Waals surface area contributed by atoms with Gasteiger partial charge in [-0.1, -0.05) is 12.8 Å². The topological polar surface area (TPSA) is 39.7 Å². The Kier molecular flexibility index (Phi) is 4.42. The van der Waals surface area contributed by atoms with Crippen molar-refractivity contribution in [3.05, 3.63) is 0 Å². The van der Waals surface area contributed by atoms with Crippen molar-refractivity contribution >= 4 is 0 Å². The third-order valence-corrected chi connectivity index (χ3v) is 5.16. The molecule has 1 N–H and O–H groups in total. The summed E-state index contributed by atoms with van der Waals surface area (Å²) in [5.41, 5.74) is 0.422. The molecule has 3 unspecified atom stereocenters. The summed E-state index contributed by atoms with van der Waals surface area (Å²) in [7, 11) is 0. The maximum Gasteiger partial charge on any atom is 0.0933 e. The van der Waals surface area contributed by atoms with Gasteiger partial charge in [-0.3, -0.25) is 0 Å². The second-order valence-electron chi connectivity index (χ2n) is 6.15. The Morgan fingerprint density at radius 2 is 2.11 bits per heavy atom. The van der Waals surface area contributed by atoms with Crippen LogP contribution in [0.25, 0.3) is 0 Å². The summed E-state index contributed by atoms with van der Waals surface area (Å²) in [6, 6.07) is 0.622. The van der Waals surface area contributed by atoms with Gasteiger partial charge in [-0.15, -0.1) is 0 Å². The summed E-state index contributed by atoms with van der Waals surface area (Å²) >= 11 is 0. The number of ether oxygens (including phenoxy) is 3. The van der Waals surface area contributed by atoms with Gasteiger partial charge in [0.1, 0.15) is 0 Å². The molecule has 1 spiro atoms. The molecule has 0 bridgehead atoms. The van der Waals surface area contributed by atoms with Crippen molar-refractivity contribution in [1.82, 2.24) is 5.32 Å². The predicted molar refractivity (Wildman–Crippen MR) is 73.3 cm³/mol. The third-order valence-electron chi connectivity index (χ3n) is 5.16. The average molecular weight is 269 g/mol. The van der Waals surface area contributed by atoms with E-state index in [9.17, 15) is 0 Å². The fourth-order valence-corrected chi connectivity index (χ4v) is 4.10. The largest absolute Gasteiger partial charge is 0.378 e. The summed E-state index contributed by atoms with van der Waals surface area (Å²) in [5, 5.41) is 3.72. The van der Waals surface area contributed by atoms with Crippen LogP contribution in [0.4, 0.5) is 0 Å². The minimum atomic E-state index is 0.235. The number of nitrogens with one attached hydrogen (secondary N) is 1. The molecule has 0 aromatic rings. The Bertz CT molecular complexity index is 285. The first kappa shape index (κ1) is 13.8. The molecule has 4 nitrogen and oxygen atoms in total. The molecule has 2 saturated carbocycles. The molecule has 4 heteroatoms. The lowest BCUT2D eigenvalue weighted by molar-refractivity contribution is -0.137. The lowest BCUT2D eigenvalue weighted by Gasteiger charge is -2.54. The highest BCUT2D eigenvalue weighted by atomic mass is 16.6. The van der Waals surface area contributed by atoms with E-state index in [-0.39, 0.29) is 6.10 Å². The van der Waals surface area contributed by atoms with Gasteiger partial charge in [0.15, 0.2) is 0 Å². The fourth-order valence-electron chi connectivity index (χ4n) is 4.10. The standard InChI is InChI=1S/C15H27NO3/c1-2-18-14-9-13(15(14)5-3-4-6-15)16-10-12-11-17-7-8-19-12/h12-14,16H,2-11H2,1H3. The summed E-state index contributed by atoms with van der Waals surface area (Å²) in [5.74, 6) is 0. The third kappa shape index (κ3) is 2.68. The van der Waals surface area contributed by atoms with Crippen molar-refractivity contribution in [2.75, 3.05) is 33.0 Å². The Balaban J connectivity index is 1.50. The van der Waals surface area contributed by atoms with Gasteiger partial charge in [0, 0.05) is 24.6 Å². The van der Waals surface area contributed by atoms with Crippen molar-refractivity contribution < 1.29 is 14.2 Å².